The third-order valence-corrected chi connectivity index (χ3v) is 0. The molecule has 0 rings (SSSR count). The van der Waals surface area contributed by atoms with Gasteiger partial charge in [-0.25, -0.2) is 0 Å². The standard InChI is InChI=1S/B.Cr.Cu.Nb. The summed E-state index contributed by atoms with van der Waals surface area (Å²) in [6, 6.07) is 0. The maximum Gasteiger partial charge on any atom is 0 e. The first-order valence-electron chi connectivity index (χ1n) is 0. The second-order valence-corrected chi connectivity index (χ2v) is 0. The first kappa shape index (κ1) is 40.1. The van der Waals surface area contributed by atoms with Crippen LogP contribution in [0.1, 0.15) is 0 Å². The molecule has 25 valence electrons. The average molecular weight is 219 g/mol. The van der Waals surface area contributed by atoms with Crippen LogP contribution in [0.5, 0.6) is 0 Å². The van der Waals surface area contributed by atoms with E-state index in [-0.39, 0.29) is 65.2 Å². The van der Waals surface area contributed by atoms with Gasteiger partial charge in [0.1, 0.15) is 0 Å². The fourth-order valence-electron chi connectivity index (χ4n) is 0. The monoisotopic (exact) mass is 219 g/mol. The zero-order chi connectivity index (χ0) is 0. The van der Waals surface area contributed by atoms with E-state index in [0.29, 0.717) is 0 Å². The van der Waals surface area contributed by atoms with Crippen molar-refractivity contribution in [3.05, 3.63) is 0 Å². The molecule has 4 heavy (non-hydrogen) atoms. The maximum absolute atomic E-state index is 0. The first-order valence-corrected chi connectivity index (χ1v) is 0. The van der Waals surface area contributed by atoms with Gasteiger partial charge in [0, 0.05) is 65.2 Å². The molecule has 0 N–H and O–H groups in total. The van der Waals surface area contributed by atoms with Gasteiger partial charge >= 0.3 is 0 Å². The van der Waals surface area contributed by atoms with Crippen LogP contribution in [-0.4, -0.2) is 8.41 Å². The molecule has 0 aromatic heterocycles. The molecule has 0 aromatic carbocycles. The summed E-state index contributed by atoms with van der Waals surface area (Å²) in [5, 5.41) is 0. The van der Waals surface area contributed by atoms with Crippen LogP contribution in [-0.2, 0) is 56.8 Å². The number of hydrogen-bond donors (Lipinski definition) is 0. The molecule has 0 bridgehead atoms. The Morgan fingerprint density at radius 2 is 1.00 bits per heavy atom. The molecule has 0 atom stereocenters. The summed E-state index contributed by atoms with van der Waals surface area (Å²) >= 11 is 0. The minimum atomic E-state index is 0. The van der Waals surface area contributed by atoms with Crippen molar-refractivity contribution in [2.24, 2.45) is 0 Å². The molecule has 0 saturated carbocycles. The normalized spacial score (nSPS) is 0. The molecular weight excluding hydrogens is 219 g/mol. The van der Waals surface area contributed by atoms with Crippen LogP contribution in [0.25, 0.3) is 0 Å². The van der Waals surface area contributed by atoms with Crippen molar-refractivity contribution in [1.29, 1.82) is 0 Å². The molecule has 0 heterocycles. The van der Waals surface area contributed by atoms with Crippen molar-refractivity contribution in [3.63, 3.8) is 0 Å². The Kier molecular flexibility index (Phi) is 210. The van der Waals surface area contributed by atoms with Crippen LogP contribution in [0, 0.1) is 0 Å². The Bertz CT molecular complexity index is 8.00. The molecule has 5 radical (unpaired) electrons. The van der Waals surface area contributed by atoms with Gasteiger partial charge in [0.2, 0.25) is 0 Å². The summed E-state index contributed by atoms with van der Waals surface area (Å²) < 4.78 is 0. The Hall–Kier alpha value is 1.86. The number of hydrogen-bond acceptors (Lipinski definition) is 0. The summed E-state index contributed by atoms with van der Waals surface area (Å²) in [6.07, 6.45) is 0. The Balaban J connectivity index is 0. The second-order valence-electron chi connectivity index (χ2n) is 0. The van der Waals surface area contributed by atoms with Crippen LogP contribution in [0.15, 0.2) is 0 Å². The van der Waals surface area contributed by atoms with Crippen LogP contribution >= 0.6 is 0 Å². The Morgan fingerprint density at radius 3 is 1.00 bits per heavy atom. The van der Waals surface area contributed by atoms with E-state index in [0.717, 1.165) is 0 Å². The smallest absolute Gasteiger partial charge is 0 e. The van der Waals surface area contributed by atoms with E-state index in [1.807, 2.05) is 0 Å². The average Bonchev–Trinajstić information content (AvgIpc) is 0. The predicted octanol–water partition coefficient (Wildman–Crippen LogP) is -0.388. The molecule has 0 aliphatic rings. The van der Waals surface area contributed by atoms with Crippen LogP contribution in [0.3, 0.4) is 0 Å². The molecule has 0 aromatic rings. The third-order valence-electron chi connectivity index (χ3n) is 0. The van der Waals surface area contributed by atoms with Gasteiger partial charge < -0.3 is 0 Å². The summed E-state index contributed by atoms with van der Waals surface area (Å²) in [5.74, 6) is 0. The van der Waals surface area contributed by atoms with E-state index in [2.05, 4.69) is 0 Å². The second kappa shape index (κ2) is 21.0. The topological polar surface area (TPSA) is 0 Å². The molecule has 0 amide bonds. The van der Waals surface area contributed by atoms with Gasteiger partial charge in [0.15, 0.2) is 0 Å². The van der Waals surface area contributed by atoms with Gasteiger partial charge in [-0.15, -0.1) is 0 Å². The Labute approximate surface area is 64.8 Å². The van der Waals surface area contributed by atoms with Crippen molar-refractivity contribution >= 4 is 8.41 Å². The molecule has 0 fully saturated rings. The molecular formula is BCrCuNb. The largest absolute Gasteiger partial charge is 0 e. The molecule has 0 aliphatic heterocycles. The summed E-state index contributed by atoms with van der Waals surface area (Å²) in [6.45, 7) is 0. The van der Waals surface area contributed by atoms with E-state index < -0.39 is 0 Å². The van der Waals surface area contributed by atoms with E-state index in [1.54, 1.807) is 0 Å². The van der Waals surface area contributed by atoms with Gasteiger partial charge in [-0.05, 0) is 0 Å². The zero-order valence-corrected chi connectivity index (χ0v) is 6.15. The van der Waals surface area contributed by atoms with Crippen molar-refractivity contribution in [2.75, 3.05) is 0 Å². The first-order chi connectivity index (χ1) is 0. The van der Waals surface area contributed by atoms with Crippen LogP contribution in [0.4, 0.5) is 0 Å². The fourth-order valence-corrected chi connectivity index (χ4v) is 0. The van der Waals surface area contributed by atoms with Gasteiger partial charge in [-0.1, -0.05) is 0 Å². The van der Waals surface area contributed by atoms with E-state index >= 15 is 0 Å². The third kappa shape index (κ3) is 9.13. The van der Waals surface area contributed by atoms with Crippen molar-refractivity contribution in [3.8, 4) is 0 Å². The molecule has 0 saturated heterocycles. The number of rotatable bonds is 0. The minimum absolute atomic E-state index is 0. The van der Waals surface area contributed by atoms with Crippen molar-refractivity contribution in [1.82, 2.24) is 0 Å². The van der Waals surface area contributed by atoms with Crippen LogP contribution in [0.2, 0.25) is 0 Å². The van der Waals surface area contributed by atoms with E-state index in [9.17, 15) is 0 Å². The summed E-state index contributed by atoms with van der Waals surface area (Å²) in [7, 11) is 0. The quantitative estimate of drug-likeness (QED) is 0.487. The van der Waals surface area contributed by atoms with E-state index in [1.165, 1.54) is 0 Å². The van der Waals surface area contributed by atoms with Gasteiger partial charge in [-0.3, -0.25) is 0 Å². The molecule has 0 unspecified atom stereocenters. The zero-order valence-electron chi connectivity index (χ0n) is 1.73. The molecule has 4 heteroatoms. The van der Waals surface area contributed by atoms with Crippen molar-refractivity contribution < 1.29 is 56.8 Å². The molecule has 0 nitrogen and oxygen atoms in total. The fraction of sp³-hybridized carbons (Fsp3) is 0. The molecule has 0 aliphatic carbocycles. The van der Waals surface area contributed by atoms with Gasteiger partial charge in [0.25, 0.3) is 0 Å². The summed E-state index contributed by atoms with van der Waals surface area (Å²) in [4.78, 5) is 0. The Morgan fingerprint density at radius 1 is 1.00 bits per heavy atom. The van der Waals surface area contributed by atoms with Crippen molar-refractivity contribution in [2.45, 2.75) is 0 Å². The SMILES string of the molecule is [B].[Cr].[Cu].[Nb]. The minimum Gasteiger partial charge on any atom is 0 e. The molecule has 0 spiro atoms. The van der Waals surface area contributed by atoms with Crippen LogP contribution < -0.4 is 0 Å². The predicted molar refractivity (Wildman–Crippen MR) is 5.75 cm³/mol. The maximum atomic E-state index is 0. The summed E-state index contributed by atoms with van der Waals surface area (Å²) in [5.41, 5.74) is 0. The van der Waals surface area contributed by atoms with E-state index in [4.69, 9.17) is 0 Å². The van der Waals surface area contributed by atoms with Gasteiger partial charge in [0.05, 0.1) is 0 Å². The van der Waals surface area contributed by atoms with Gasteiger partial charge in [-0.2, -0.15) is 0 Å².